The van der Waals surface area contributed by atoms with Gasteiger partial charge in [-0.25, -0.2) is 4.98 Å². The molecule has 0 radical (unpaired) electrons. The maximum atomic E-state index is 13.3. The smallest absolute Gasteiger partial charge is 0.406 e. The predicted octanol–water partition coefficient (Wildman–Crippen LogP) is 5.60. The average Bonchev–Trinajstić information content (AvgIpc) is 3.11. The number of aryl methyl sites for hydroxylation is 1. The van der Waals surface area contributed by atoms with Gasteiger partial charge in [0.2, 0.25) is 0 Å². The lowest BCUT2D eigenvalue weighted by Crippen LogP contribution is -2.35. The van der Waals surface area contributed by atoms with E-state index in [0.717, 1.165) is 19.6 Å². The van der Waals surface area contributed by atoms with E-state index in [1.807, 2.05) is 0 Å². The van der Waals surface area contributed by atoms with Gasteiger partial charge in [0.05, 0.1) is 6.33 Å². The standard InChI is InChI=1S/C28H39F3N4O2/c1-19(12-27(2,3)4)9-10-34-14-22-23(15-34)24(22)16-35(26(36)25-17-33(5)18-32-25)13-20-7-6-8-21(11-20)37-28(29,30)31/h6-8,11,17-19,22-24H,9-10,12-16H2,1-5H3. The first kappa shape index (κ1) is 27.5. The van der Waals surface area contributed by atoms with Crippen LogP contribution in [0.4, 0.5) is 13.2 Å². The second kappa shape index (κ2) is 10.7. The van der Waals surface area contributed by atoms with Gasteiger partial charge >= 0.3 is 6.36 Å². The van der Waals surface area contributed by atoms with Crippen LogP contribution in [0.1, 0.15) is 56.6 Å². The molecule has 1 amide bonds. The summed E-state index contributed by atoms with van der Waals surface area (Å²) in [4.78, 5) is 21.8. The van der Waals surface area contributed by atoms with E-state index in [-0.39, 0.29) is 18.2 Å². The molecule has 1 saturated heterocycles. The highest BCUT2D eigenvalue weighted by molar-refractivity contribution is 5.92. The lowest BCUT2D eigenvalue weighted by atomic mass is 9.84. The molecule has 1 aliphatic carbocycles. The molecule has 2 heterocycles. The number of benzene rings is 1. The molecule has 9 heteroatoms. The van der Waals surface area contributed by atoms with Crippen LogP contribution < -0.4 is 4.74 Å². The van der Waals surface area contributed by atoms with Crippen LogP contribution in [0.15, 0.2) is 36.8 Å². The highest BCUT2D eigenvalue weighted by Crippen LogP contribution is 2.52. The third kappa shape index (κ3) is 7.72. The lowest BCUT2D eigenvalue weighted by molar-refractivity contribution is -0.274. The van der Waals surface area contributed by atoms with Crippen molar-refractivity contribution < 1.29 is 22.7 Å². The van der Waals surface area contributed by atoms with Gasteiger partial charge in [-0.1, -0.05) is 39.8 Å². The molecule has 3 unspecified atom stereocenters. The Morgan fingerprint density at radius 1 is 1.22 bits per heavy atom. The number of likely N-dealkylation sites (tertiary alicyclic amines) is 1. The van der Waals surface area contributed by atoms with Gasteiger partial charge in [-0.2, -0.15) is 0 Å². The number of fused-ring (bicyclic) bond motifs is 1. The Morgan fingerprint density at radius 2 is 1.92 bits per heavy atom. The van der Waals surface area contributed by atoms with Crippen LogP contribution in [0.2, 0.25) is 0 Å². The molecule has 0 bridgehead atoms. The summed E-state index contributed by atoms with van der Waals surface area (Å²) in [6.45, 7) is 13.2. The topological polar surface area (TPSA) is 50.6 Å². The van der Waals surface area contributed by atoms with Crippen molar-refractivity contribution in [2.24, 2.45) is 36.1 Å². The summed E-state index contributed by atoms with van der Waals surface area (Å²) in [6.07, 6.45) is 0.905. The van der Waals surface area contributed by atoms with Crippen LogP contribution in [0.3, 0.4) is 0 Å². The minimum absolute atomic E-state index is 0.203. The number of ether oxygens (including phenoxy) is 1. The van der Waals surface area contributed by atoms with Gasteiger partial charge in [-0.15, -0.1) is 13.2 Å². The molecule has 2 aromatic rings. The molecule has 1 saturated carbocycles. The van der Waals surface area contributed by atoms with Crippen molar-refractivity contribution in [3.8, 4) is 5.75 Å². The van der Waals surface area contributed by atoms with E-state index in [9.17, 15) is 18.0 Å². The van der Waals surface area contributed by atoms with Gasteiger partial charge in [-0.05, 0) is 66.2 Å². The van der Waals surface area contributed by atoms with E-state index in [1.54, 1.807) is 35.1 Å². The molecule has 204 valence electrons. The quantitative estimate of drug-likeness (QED) is 0.409. The van der Waals surface area contributed by atoms with Crippen molar-refractivity contribution in [1.82, 2.24) is 19.4 Å². The van der Waals surface area contributed by atoms with Gasteiger partial charge < -0.3 is 19.1 Å². The summed E-state index contributed by atoms with van der Waals surface area (Å²) in [7, 11) is 1.80. The summed E-state index contributed by atoms with van der Waals surface area (Å²) >= 11 is 0. The van der Waals surface area contributed by atoms with Crippen molar-refractivity contribution in [3.63, 3.8) is 0 Å². The highest BCUT2D eigenvalue weighted by Gasteiger charge is 2.55. The maximum absolute atomic E-state index is 13.3. The zero-order valence-electron chi connectivity index (χ0n) is 22.5. The van der Waals surface area contributed by atoms with Crippen LogP contribution in [0.5, 0.6) is 5.75 Å². The number of carbonyl (C=O) groups is 1. The fraction of sp³-hybridized carbons (Fsp3) is 0.643. The van der Waals surface area contributed by atoms with Crippen molar-refractivity contribution in [1.29, 1.82) is 0 Å². The summed E-state index contributed by atoms with van der Waals surface area (Å²) in [5.41, 5.74) is 1.27. The Labute approximate surface area is 217 Å². The minimum Gasteiger partial charge on any atom is -0.406 e. The third-order valence-electron chi connectivity index (χ3n) is 7.49. The second-order valence-electron chi connectivity index (χ2n) is 12.2. The second-order valence-corrected chi connectivity index (χ2v) is 12.2. The van der Waals surface area contributed by atoms with Crippen LogP contribution in [-0.2, 0) is 13.6 Å². The molecule has 2 fully saturated rings. The third-order valence-corrected chi connectivity index (χ3v) is 7.49. The molecule has 0 N–H and O–H groups in total. The minimum atomic E-state index is -4.76. The molecule has 6 nitrogen and oxygen atoms in total. The van der Waals surface area contributed by atoms with Crippen molar-refractivity contribution in [3.05, 3.63) is 48.0 Å². The first-order chi connectivity index (χ1) is 17.3. The lowest BCUT2D eigenvalue weighted by Gasteiger charge is -2.27. The van der Waals surface area contributed by atoms with Gasteiger partial charge in [-0.3, -0.25) is 4.79 Å². The van der Waals surface area contributed by atoms with Crippen LogP contribution in [0, 0.1) is 29.1 Å². The maximum Gasteiger partial charge on any atom is 0.573 e. The Hall–Kier alpha value is -2.55. The van der Waals surface area contributed by atoms with Crippen LogP contribution >= 0.6 is 0 Å². The molecule has 2 aliphatic rings. The number of hydrogen-bond donors (Lipinski definition) is 0. The van der Waals surface area contributed by atoms with E-state index in [2.05, 4.69) is 42.3 Å². The largest absolute Gasteiger partial charge is 0.573 e. The number of imidazole rings is 1. The predicted molar refractivity (Wildman–Crippen MR) is 136 cm³/mol. The van der Waals surface area contributed by atoms with Crippen molar-refractivity contribution in [2.75, 3.05) is 26.2 Å². The van der Waals surface area contributed by atoms with E-state index >= 15 is 0 Å². The Kier molecular flexibility index (Phi) is 7.93. The highest BCUT2D eigenvalue weighted by atomic mass is 19.4. The number of alkyl halides is 3. The Morgan fingerprint density at radius 3 is 2.51 bits per heavy atom. The molecule has 1 aromatic carbocycles. The normalized spacial score (nSPS) is 22.5. The Balaban J connectivity index is 1.37. The molecule has 37 heavy (non-hydrogen) atoms. The fourth-order valence-electron chi connectivity index (χ4n) is 5.96. The van der Waals surface area contributed by atoms with Gasteiger partial charge in [0.1, 0.15) is 11.4 Å². The summed E-state index contributed by atoms with van der Waals surface area (Å²) < 4.78 is 43.9. The summed E-state index contributed by atoms with van der Waals surface area (Å²) in [6, 6.07) is 5.85. The average molecular weight is 521 g/mol. The van der Waals surface area contributed by atoms with Gasteiger partial charge in [0, 0.05) is 39.4 Å². The molecule has 1 aromatic heterocycles. The number of rotatable bonds is 10. The summed E-state index contributed by atoms with van der Waals surface area (Å²) in [5, 5.41) is 0. The van der Waals surface area contributed by atoms with E-state index < -0.39 is 6.36 Å². The van der Waals surface area contributed by atoms with Gasteiger partial charge in [0.15, 0.2) is 0 Å². The number of piperidine rings is 1. The molecule has 0 spiro atoms. The number of aromatic nitrogens is 2. The van der Waals surface area contributed by atoms with E-state index in [4.69, 9.17) is 0 Å². The van der Waals surface area contributed by atoms with E-state index in [0.29, 0.717) is 46.9 Å². The molecular weight excluding hydrogens is 481 g/mol. The zero-order valence-corrected chi connectivity index (χ0v) is 22.5. The SMILES string of the molecule is CC(CCN1CC2C(C1)C2CN(Cc1cccc(OC(F)(F)F)c1)C(=O)c1cn(C)cn1)CC(C)(C)C. The van der Waals surface area contributed by atoms with Crippen LogP contribution in [-0.4, -0.2) is 57.8 Å². The van der Waals surface area contributed by atoms with Crippen molar-refractivity contribution >= 4 is 5.91 Å². The molecular formula is C28H39F3N4O2. The van der Waals surface area contributed by atoms with E-state index in [1.165, 1.54) is 31.0 Å². The summed E-state index contributed by atoms with van der Waals surface area (Å²) in [5.74, 6) is 1.74. The first-order valence-corrected chi connectivity index (χ1v) is 13.1. The number of carbonyl (C=O) groups excluding carboxylic acids is 1. The number of halogens is 3. The molecule has 3 atom stereocenters. The fourth-order valence-corrected chi connectivity index (χ4v) is 5.96. The first-order valence-electron chi connectivity index (χ1n) is 13.1. The number of hydrogen-bond acceptors (Lipinski definition) is 4. The monoisotopic (exact) mass is 520 g/mol. The van der Waals surface area contributed by atoms with Crippen LogP contribution in [0.25, 0.3) is 0 Å². The zero-order chi connectivity index (χ0) is 27.0. The Bertz CT molecular complexity index is 1070. The van der Waals surface area contributed by atoms with Crippen molar-refractivity contribution in [2.45, 2.75) is 53.4 Å². The molecule has 1 aliphatic heterocycles. The van der Waals surface area contributed by atoms with Gasteiger partial charge in [0.25, 0.3) is 5.91 Å². The number of amides is 1. The number of nitrogens with zero attached hydrogens (tertiary/aromatic N) is 4. The molecule has 4 rings (SSSR count).